The normalized spacial score (nSPS) is 17.6. The monoisotopic (exact) mass is 394 g/mol. The zero-order valence-electron chi connectivity index (χ0n) is 15.9. The number of aromatic nitrogens is 2. The molecule has 0 bridgehead atoms. The van der Waals surface area contributed by atoms with Gasteiger partial charge in [-0.15, -0.1) is 11.3 Å². The molecule has 7 heteroatoms. The van der Waals surface area contributed by atoms with Crippen molar-refractivity contribution in [3.8, 4) is 0 Å². The first kappa shape index (κ1) is 18.6. The predicted molar refractivity (Wildman–Crippen MR) is 112 cm³/mol. The molecule has 3 aromatic rings. The fourth-order valence-electron chi connectivity index (χ4n) is 3.55. The van der Waals surface area contributed by atoms with Gasteiger partial charge in [-0.25, -0.2) is 10.4 Å². The zero-order valence-corrected chi connectivity index (χ0v) is 16.7. The lowest BCUT2D eigenvalue weighted by molar-refractivity contribution is -0.123. The lowest BCUT2D eigenvalue weighted by Crippen LogP contribution is -2.34. The highest BCUT2D eigenvalue weighted by molar-refractivity contribution is 7.18. The van der Waals surface area contributed by atoms with Crippen LogP contribution in [0.15, 0.2) is 46.6 Å². The van der Waals surface area contributed by atoms with Crippen molar-refractivity contribution in [2.45, 2.75) is 39.2 Å². The van der Waals surface area contributed by atoms with Crippen LogP contribution in [0.25, 0.3) is 10.2 Å². The molecule has 1 amide bonds. The molecule has 1 N–H and O–H groups in total. The highest BCUT2D eigenvalue weighted by Gasteiger charge is 2.25. The second-order valence-electron chi connectivity index (χ2n) is 7.31. The fraction of sp³-hybridized carbons (Fsp3) is 0.333. The van der Waals surface area contributed by atoms with E-state index in [4.69, 9.17) is 0 Å². The number of fused-ring (bicyclic) bond motifs is 3. The van der Waals surface area contributed by atoms with Gasteiger partial charge in [0, 0.05) is 4.88 Å². The average Bonchev–Trinajstić information content (AvgIpc) is 3.06. The summed E-state index contributed by atoms with van der Waals surface area (Å²) in [6, 6.07) is 8.79. The van der Waals surface area contributed by atoms with Crippen LogP contribution >= 0.6 is 11.3 Å². The third-order valence-corrected chi connectivity index (χ3v) is 6.39. The molecule has 1 aliphatic carbocycles. The van der Waals surface area contributed by atoms with Gasteiger partial charge in [0.25, 0.3) is 11.5 Å². The van der Waals surface area contributed by atoms with Crippen LogP contribution in [0.4, 0.5) is 0 Å². The number of carbonyl (C=O) groups is 1. The van der Waals surface area contributed by atoms with E-state index in [0.29, 0.717) is 11.3 Å². The van der Waals surface area contributed by atoms with Gasteiger partial charge in [0.05, 0.1) is 17.9 Å². The van der Waals surface area contributed by atoms with Crippen LogP contribution in [-0.2, 0) is 17.6 Å². The number of aryl methyl sites for hydroxylation is 1. The quantitative estimate of drug-likeness (QED) is 0.545. The highest BCUT2D eigenvalue weighted by Crippen LogP contribution is 2.35. The average molecular weight is 395 g/mol. The first-order chi connectivity index (χ1) is 13.5. The summed E-state index contributed by atoms with van der Waals surface area (Å²) in [5.74, 6) is 0.281. The van der Waals surface area contributed by atoms with Crippen LogP contribution in [0.3, 0.4) is 0 Å². The molecule has 1 aromatic carbocycles. The molecule has 4 rings (SSSR count). The third-order valence-electron chi connectivity index (χ3n) is 5.23. The molecule has 2 atom stereocenters. The molecule has 0 saturated carbocycles. The Morgan fingerprint density at radius 2 is 2.18 bits per heavy atom. The molecular formula is C21H22N4O2S. The van der Waals surface area contributed by atoms with E-state index in [0.717, 1.165) is 35.2 Å². The van der Waals surface area contributed by atoms with E-state index in [1.54, 1.807) is 24.5 Å². The van der Waals surface area contributed by atoms with Crippen LogP contribution in [0.5, 0.6) is 0 Å². The maximum Gasteiger partial charge on any atom is 0.263 e. The van der Waals surface area contributed by atoms with E-state index in [1.807, 2.05) is 30.3 Å². The Balaban J connectivity index is 1.58. The van der Waals surface area contributed by atoms with Crippen molar-refractivity contribution in [2.75, 3.05) is 0 Å². The second-order valence-corrected chi connectivity index (χ2v) is 8.39. The molecule has 28 heavy (non-hydrogen) atoms. The summed E-state index contributed by atoms with van der Waals surface area (Å²) in [4.78, 5) is 32.1. The summed E-state index contributed by atoms with van der Waals surface area (Å²) in [6.45, 7) is 3.92. The number of thiophene rings is 1. The minimum atomic E-state index is -0.699. The van der Waals surface area contributed by atoms with Gasteiger partial charge in [-0.05, 0) is 43.2 Å². The number of carbonyl (C=O) groups excluding carboxylic acids is 1. The van der Waals surface area contributed by atoms with E-state index in [2.05, 4.69) is 22.4 Å². The Bertz CT molecular complexity index is 1100. The molecule has 1 aliphatic rings. The Labute approximate surface area is 166 Å². The van der Waals surface area contributed by atoms with Gasteiger partial charge in [0.15, 0.2) is 0 Å². The maximum atomic E-state index is 13.1. The fourth-order valence-corrected chi connectivity index (χ4v) is 4.89. The van der Waals surface area contributed by atoms with Gasteiger partial charge in [-0.1, -0.05) is 37.3 Å². The first-order valence-corrected chi connectivity index (χ1v) is 10.3. The lowest BCUT2D eigenvalue weighted by Gasteiger charge is -2.18. The molecule has 6 nitrogen and oxygen atoms in total. The van der Waals surface area contributed by atoms with Crippen molar-refractivity contribution < 1.29 is 4.79 Å². The minimum Gasteiger partial charge on any atom is -0.286 e. The summed E-state index contributed by atoms with van der Waals surface area (Å²) in [5.41, 5.74) is 4.37. The Kier molecular flexibility index (Phi) is 5.09. The lowest BCUT2D eigenvalue weighted by atomic mass is 9.89. The smallest absolute Gasteiger partial charge is 0.263 e. The van der Waals surface area contributed by atoms with E-state index < -0.39 is 6.04 Å². The minimum absolute atomic E-state index is 0.147. The number of nitrogens with one attached hydrogen (secondary N) is 1. The van der Waals surface area contributed by atoms with Gasteiger partial charge in [0.2, 0.25) is 0 Å². The van der Waals surface area contributed by atoms with E-state index in [-0.39, 0.29) is 11.5 Å². The first-order valence-electron chi connectivity index (χ1n) is 9.44. The van der Waals surface area contributed by atoms with E-state index in [9.17, 15) is 9.59 Å². The van der Waals surface area contributed by atoms with Crippen molar-refractivity contribution in [2.24, 2.45) is 11.0 Å². The molecular weight excluding hydrogens is 372 g/mol. The topological polar surface area (TPSA) is 76.3 Å². The highest BCUT2D eigenvalue weighted by atomic mass is 32.1. The molecule has 0 unspecified atom stereocenters. The number of hydrogen-bond donors (Lipinski definition) is 1. The Morgan fingerprint density at radius 3 is 2.96 bits per heavy atom. The second kappa shape index (κ2) is 7.67. The van der Waals surface area contributed by atoms with Crippen molar-refractivity contribution in [3.05, 3.63) is 63.0 Å². The Morgan fingerprint density at radius 1 is 1.39 bits per heavy atom. The zero-order chi connectivity index (χ0) is 19.7. The molecule has 0 radical (unpaired) electrons. The van der Waals surface area contributed by atoms with Crippen LogP contribution in [0.1, 0.15) is 42.3 Å². The molecule has 0 fully saturated rings. The molecule has 0 saturated heterocycles. The third kappa shape index (κ3) is 3.49. The number of hydrogen-bond acceptors (Lipinski definition) is 5. The summed E-state index contributed by atoms with van der Waals surface area (Å²) in [5, 5.41) is 4.67. The number of nitrogens with zero attached hydrogens (tertiary/aromatic N) is 3. The number of rotatable bonds is 4. The van der Waals surface area contributed by atoms with Crippen LogP contribution in [-0.4, -0.2) is 21.7 Å². The van der Waals surface area contributed by atoms with Gasteiger partial charge < -0.3 is 0 Å². The van der Waals surface area contributed by atoms with Crippen molar-refractivity contribution in [1.82, 2.24) is 15.0 Å². The predicted octanol–water partition coefficient (Wildman–Crippen LogP) is 3.29. The molecule has 144 valence electrons. The number of hydrazone groups is 1. The maximum absolute atomic E-state index is 13.1. The summed E-state index contributed by atoms with van der Waals surface area (Å²) >= 11 is 1.61. The van der Waals surface area contributed by atoms with Crippen LogP contribution in [0, 0.1) is 5.92 Å². The summed E-state index contributed by atoms with van der Waals surface area (Å²) in [6.07, 6.45) is 6.03. The molecule has 2 aromatic heterocycles. The van der Waals surface area contributed by atoms with Gasteiger partial charge in [-0.3, -0.25) is 14.2 Å². The van der Waals surface area contributed by atoms with Gasteiger partial charge >= 0.3 is 0 Å². The Hall–Kier alpha value is -2.80. The summed E-state index contributed by atoms with van der Waals surface area (Å²) < 4.78 is 1.40. The van der Waals surface area contributed by atoms with Gasteiger partial charge in [-0.2, -0.15) is 5.10 Å². The SMILES string of the molecule is C[C@@H]1CCc2c(sc3ncn([C@@H](C)C(=O)NN=Cc4ccccc4)c(=O)c23)C1. The number of benzene rings is 1. The molecule has 2 heterocycles. The summed E-state index contributed by atoms with van der Waals surface area (Å²) in [7, 11) is 0. The standard InChI is InChI=1S/C21H22N4O2S/c1-13-8-9-16-17(10-13)28-20-18(16)21(27)25(12-22-20)14(2)19(26)24-23-11-15-6-4-3-5-7-15/h3-7,11-14H,8-10H2,1-2H3,(H,24,26)/t13-,14+/m1/s1. The molecule has 0 aliphatic heterocycles. The largest absolute Gasteiger partial charge is 0.286 e. The van der Waals surface area contributed by atoms with Crippen LogP contribution in [0.2, 0.25) is 0 Å². The van der Waals surface area contributed by atoms with Gasteiger partial charge in [0.1, 0.15) is 10.9 Å². The van der Waals surface area contributed by atoms with E-state index in [1.165, 1.54) is 15.8 Å². The number of amides is 1. The van der Waals surface area contributed by atoms with Crippen LogP contribution < -0.4 is 11.0 Å². The van der Waals surface area contributed by atoms with Crippen molar-refractivity contribution in [1.29, 1.82) is 0 Å². The van der Waals surface area contributed by atoms with Crippen molar-refractivity contribution in [3.63, 3.8) is 0 Å². The van der Waals surface area contributed by atoms with E-state index >= 15 is 0 Å². The van der Waals surface area contributed by atoms with Crippen molar-refractivity contribution >= 4 is 33.7 Å². The molecule has 0 spiro atoms.